The summed E-state index contributed by atoms with van der Waals surface area (Å²) in [5.74, 6) is 1.06. The van der Waals surface area contributed by atoms with Crippen LogP contribution in [0.15, 0.2) is 47.1 Å². The third-order valence-electron chi connectivity index (χ3n) is 4.52. The molecule has 8 heteroatoms. The van der Waals surface area contributed by atoms with E-state index in [4.69, 9.17) is 13.9 Å². The highest BCUT2D eigenvalue weighted by Gasteiger charge is 2.20. The fourth-order valence-corrected chi connectivity index (χ4v) is 4.00. The fraction of sp³-hybridized carbons (Fsp3) is 0.238. The van der Waals surface area contributed by atoms with Gasteiger partial charge < -0.3 is 24.5 Å². The van der Waals surface area contributed by atoms with Crippen LogP contribution in [0.4, 0.5) is 5.00 Å². The molecule has 0 spiro atoms. The highest BCUT2D eigenvalue weighted by Crippen LogP contribution is 2.33. The van der Waals surface area contributed by atoms with Crippen molar-refractivity contribution in [2.24, 2.45) is 0 Å². The molecule has 0 aliphatic carbocycles. The molecule has 0 saturated carbocycles. The third kappa shape index (κ3) is 4.12. The van der Waals surface area contributed by atoms with Crippen molar-refractivity contribution in [3.63, 3.8) is 0 Å². The molecule has 0 unspecified atom stereocenters. The van der Waals surface area contributed by atoms with Crippen molar-refractivity contribution in [2.45, 2.75) is 19.9 Å². The van der Waals surface area contributed by atoms with E-state index >= 15 is 0 Å². The molecular weight excluding hydrogens is 392 g/mol. The van der Waals surface area contributed by atoms with Gasteiger partial charge in [0.25, 0.3) is 11.8 Å². The number of rotatable bonds is 5. The lowest BCUT2D eigenvalue weighted by molar-refractivity contribution is 0.0942. The van der Waals surface area contributed by atoms with E-state index in [0.29, 0.717) is 34.6 Å². The van der Waals surface area contributed by atoms with Crippen LogP contribution in [-0.2, 0) is 0 Å². The average Bonchev–Trinajstić information content (AvgIpc) is 3.37. The first-order valence-corrected chi connectivity index (χ1v) is 9.98. The summed E-state index contributed by atoms with van der Waals surface area (Å²) in [5, 5.41) is 6.34. The van der Waals surface area contributed by atoms with Crippen LogP contribution in [0.2, 0.25) is 0 Å². The van der Waals surface area contributed by atoms with Crippen LogP contribution in [0.3, 0.4) is 0 Å². The Morgan fingerprint density at radius 1 is 1.07 bits per heavy atom. The Balaban J connectivity index is 1.44. The van der Waals surface area contributed by atoms with Crippen LogP contribution in [0.5, 0.6) is 11.5 Å². The minimum absolute atomic E-state index is 0.201. The molecule has 2 aromatic heterocycles. The Morgan fingerprint density at radius 2 is 1.86 bits per heavy atom. The molecule has 29 heavy (non-hydrogen) atoms. The second-order valence-corrected chi connectivity index (χ2v) is 7.70. The molecule has 0 bridgehead atoms. The van der Waals surface area contributed by atoms with Crippen LogP contribution in [-0.4, -0.2) is 25.0 Å². The van der Waals surface area contributed by atoms with E-state index in [1.807, 2.05) is 32.0 Å². The van der Waals surface area contributed by atoms with Crippen LogP contribution in [0.1, 0.15) is 44.3 Å². The number of amides is 2. The first kappa shape index (κ1) is 19.1. The van der Waals surface area contributed by atoms with Crippen molar-refractivity contribution in [3.05, 3.63) is 64.4 Å². The number of furan rings is 1. The van der Waals surface area contributed by atoms with Crippen molar-refractivity contribution >= 4 is 28.2 Å². The molecule has 150 valence electrons. The molecule has 3 aromatic rings. The van der Waals surface area contributed by atoms with Gasteiger partial charge in [-0.15, -0.1) is 11.3 Å². The monoisotopic (exact) mass is 412 g/mol. The topological polar surface area (TPSA) is 89.8 Å². The number of fused-ring (bicyclic) bond motifs is 1. The normalized spacial score (nSPS) is 13.6. The summed E-state index contributed by atoms with van der Waals surface area (Å²) in [5.41, 5.74) is 1.71. The van der Waals surface area contributed by atoms with Gasteiger partial charge in [0.15, 0.2) is 17.3 Å². The molecule has 0 fully saturated rings. The molecule has 1 atom stereocenters. The highest BCUT2D eigenvalue weighted by molar-refractivity contribution is 7.18. The third-order valence-corrected chi connectivity index (χ3v) is 5.67. The number of nitrogens with one attached hydrogen (secondary N) is 2. The first-order valence-electron chi connectivity index (χ1n) is 9.17. The van der Waals surface area contributed by atoms with Gasteiger partial charge in [-0.05, 0) is 55.3 Å². The van der Waals surface area contributed by atoms with E-state index in [9.17, 15) is 9.59 Å². The Kier molecular flexibility index (Phi) is 5.26. The van der Waals surface area contributed by atoms with E-state index in [1.165, 1.54) is 17.6 Å². The van der Waals surface area contributed by atoms with Crippen molar-refractivity contribution < 1.29 is 23.5 Å². The van der Waals surface area contributed by atoms with Gasteiger partial charge in [-0.1, -0.05) is 6.07 Å². The number of anilines is 1. The average molecular weight is 412 g/mol. The van der Waals surface area contributed by atoms with Gasteiger partial charge in [-0.3, -0.25) is 9.59 Å². The predicted molar refractivity (Wildman–Crippen MR) is 109 cm³/mol. The van der Waals surface area contributed by atoms with Crippen LogP contribution >= 0.6 is 11.3 Å². The summed E-state index contributed by atoms with van der Waals surface area (Å²) < 4.78 is 16.2. The van der Waals surface area contributed by atoms with Gasteiger partial charge in [0.05, 0.1) is 22.2 Å². The number of benzene rings is 1. The number of aryl methyl sites for hydroxylation is 1. The van der Waals surface area contributed by atoms with Crippen LogP contribution < -0.4 is 20.1 Å². The number of carbonyl (C=O) groups is 2. The van der Waals surface area contributed by atoms with Gasteiger partial charge >= 0.3 is 0 Å². The molecule has 2 amide bonds. The molecule has 3 heterocycles. The van der Waals surface area contributed by atoms with E-state index in [-0.39, 0.29) is 23.6 Å². The molecule has 0 saturated heterocycles. The van der Waals surface area contributed by atoms with Crippen molar-refractivity contribution in [2.75, 3.05) is 18.5 Å². The molecule has 2 N–H and O–H groups in total. The zero-order chi connectivity index (χ0) is 20.4. The van der Waals surface area contributed by atoms with E-state index in [2.05, 4.69) is 10.6 Å². The first-order chi connectivity index (χ1) is 14.0. The quantitative estimate of drug-likeness (QED) is 0.657. The highest BCUT2D eigenvalue weighted by atomic mass is 32.1. The summed E-state index contributed by atoms with van der Waals surface area (Å²) in [6.45, 7) is 4.79. The number of hydrogen-bond donors (Lipinski definition) is 2. The van der Waals surface area contributed by atoms with E-state index < -0.39 is 0 Å². The van der Waals surface area contributed by atoms with E-state index in [0.717, 1.165) is 11.1 Å². The largest absolute Gasteiger partial charge is 0.486 e. The van der Waals surface area contributed by atoms with Gasteiger partial charge in [-0.25, -0.2) is 0 Å². The van der Waals surface area contributed by atoms with Crippen LogP contribution in [0, 0.1) is 6.92 Å². The maximum atomic E-state index is 12.8. The minimum Gasteiger partial charge on any atom is -0.486 e. The summed E-state index contributed by atoms with van der Waals surface area (Å²) in [4.78, 5) is 25.4. The van der Waals surface area contributed by atoms with Gasteiger partial charge in [0.1, 0.15) is 13.2 Å². The number of ether oxygens (including phenoxy) is 2. The van der Waals surface area contributed by atoms with Gasteiger partial charge in [0, 0.05) is 0 Å². The number of thiophene rings is 1. The zero-order valence-corrected chi connectivity index (χ0v) is 16.8. The Bertz CT molecular complexity index is 1040. The maximum absolute atomic E-state index is 12.8. The summed E-state index contributed by atoms with van der Waals surface area (Å²) >= 11 is 1.22. The Labute approximate surface area is 171 Å². The summed E-state index contributed by atoms with van der Waals surface area (Å²) in [6, 6.07) is 10.4. The molecule has 4 rings (SSSR count). The lowest BCUT2D eigenvalue weighted by Gasteiger charge is -2.21. The smallest absolute Gasteiger partial charge is 0.291 e. The second-order valence-electron chi connectivity index (χ2n) is 6.65. The SMILES string of the molecule is Cc1cc(NC(=O)c2ccco2)sc1C(=O)N[C@@H](C)c1ccc2c(c1)OCCO2. The Morgan fingerprint density at radius 3 is 2.62 bits per heavy atom. The predicted octanol–water partition coefficient (Wildman–Crippen LogP) is 4.16. The van der Waals surface area contributed by atoms with Gasteiger partial charge in [-0.2, -0.15) is 0 Å². The van der Waals surface area contributed by atoms with E-state index in [1.54, 1.807) is 18.2 Å². The molecular formula is C21H20N2O5S. The molecule has 7 nitrogen and oxygen atoms in total. The van der Waals surface area contributed by atoms with Crippen molar-refractivity contribution in [3.8, 4) is 11.5 Å². The van der Waals surface area contributed by atoms with Crippen LogP contribution in [0.25, 0.3) is 0 Å². The Hall–Kier alpha value is -3.26. The number of hydrogen-bond acceptors (Lipinski definition) is 6. The fourth-order valence-electron chi connectivity index (χ4n) is 3.03. The lowest BCUT2D eigenvalue weighted by atomic mass is 10.1. The summed E-state index contributed by atoms with van der Waals surface area (Å²) in [7, 11) is 0. The van der Waals surface area contributed by atoms with Gasteiger partial charge in [0.2, 0.25) is 0 Å². The minimum atomic E-state index is -0.354. The molecule has 1 aliphatic rings. The molecule has 1 aliphatic heterocycles. The molecule has 1 aromatic carbocycles. The zero-order valence-electron chi connectivity index (χ0n) is 16.0. The second kappa shape index (κ2) is 8.00. The van der Waals surface area contributed by atoms with Crippen molar-refractivity contribution in [1.82, 2.24) is 5.32 Å². The summed E-state index contributed by atoms with van der Waals surface area (Å²) in [6.07, 6.45) is 1.44. The standard InChI is InChI=1S/C21H20N2O5S/c1-12-10-18(23-20(24)16-4-3-7-26-16)29-19(12)21(25)22-13(2)14-5-6-15-17(11-14)28-9-8-27-15/h3-7,10-11,13H,8-9H2,1-2H3,(H,22,25)(H,23,24)/t13-/m0/s1. The number of carbonyl (C=O) groups excluding carboxylic acids is 2. The lowest BCUT2D eigenvalue weighted by Crippen LogP contribution is -2.26. The molecule has 0 radical (unpaired) electrons. The van der Waals surface area contributed by atoms with Crippen molar-refractivity contribution in [1.29, 1.82) is 0 Å². The maximum Gasteiger partial charge on any atom is 0.291 e.